The molecule has 128 valence electrons. The lowest BCUT2D eigenvalue weighted by Crippen LogP contribution is -2.44. The molecule has 6 N–H and O–H groups in total. The molecule has 0 spiro atoms. The average molecular weight is 327 g/mol. The zero-order valence-electron chi connectivity index (χ0n) is 13.1. The van der Waals surface area contributed by atoms with Gasteiger partial charge >= 0.3 is 12.0 Å². The molecule has 0 aliphatic rings. The first-order valence-electron chi connectivity index (χ1n) is 7.12. The minimum atomic E-state index is -1.36. The van der Waals surface area contributed by atoms with Gasteiger partial charge in [0.15, 0.2) is 0 Å². The van der Waals surface area contributed by atoms with E-state index in [0.29, 0.717) is 13.1 Å². The van der Waals surface area contributed by atoms with E-state index >= 15 is 0 Å². The van der Waals surface area contributed by atoms with E-state index in [1.165, 1.54) is 18.2 Å². The average Bonchev–Trinajstić information content (AvgIpc) is 2.45. The second-order valence-corrected chi connectivity index (χ2v) is 5.70. The molecule has 2 amide bonds. The lowest BCUT2D eigenvalue weighted by molar-refractivity contribution is 0.0688. The number of amides is 2. The Morgan fingerprint density at radius 3 is 2.57 bits per heavy atom. The standard InChI is InChI=1S/C15H22FN3O4/c1-15(2,11(20)8-18-6-7-19-14(17)23)10-5-3-4-9(12(10)16)13(21)22/h3-5,11,18,20H,6-8H2,1-2H3,(H,21,22)(H3,17,19,23). The van der Waals surface area contributed by atoms with E-state index in [-0.39, 0.29) is 12.1 Å². The highest BCUT2D eigenvalue weighted by Crippen LogP contribution is 2.30. The molecule has 0 heterocycles. The number of urea groups is 1. The van der Waals surface area contributed by atoms with Crippen LogP contribution >= 0.6 is 0 Å². The number of benzene rings is 1. The van der Waals surface area contributed by atoms with Gasteiger partial charge in [-0.25, -0.2) is 14.0 Å². The molecule has 7 nitrogen and oxygen atoms in total. The lowest BCUT2D eigenvalue weighted by Gasteiger charge is -2.32. The van der Waals surface area contributed by atoms with Crippen molar-refractivity contribution in [1.82, 2.24) is 10.6 Å². The van der Waals surface area contributed by atoms with Crippen LogP contribution in [-0.4, -0.2) is 48.0 Å². The third kappa shape index (κ3) is 4.90. The zero-order chi connectivity index (χ0) is 17.6. The highest BCUT2D eigenvalue weighted by Gasteiger charge is 2.33. The van der Waals surface area contributed by atoms with Crippen molar-refractivity contribution in [1.29, 1.82) is 0 Å². The van der Waals surface area contributed by atoms with Crippen molar-refractivity contribution in [3.8, 4) is 0 Å². The van der Waals surface area contributed by atoms with E-state index in [4.69, 9.17) is 10.8 Å². The third-order valence-electron chi connectivity index (χ3n) is 3.70. The molecule has 0 saturated carbocycles. The van der Waals surface area contributed by atoms with Gasteiger partial charge in [0.05, 0.1) is 11.7 Å². The van der Waals surface area contributed by atoms with Crippen LogP contribution in [0.4, 0.5) is 9.18 Å². The Morgan fingerprint density at radius 1 is 1.35 bits per heavy atom. The Morgan fingerprint density at radius 2 is 2.00 bits per heavy atom. The van der Waals surface area contributed by atoms with Crippen molar-refractivity contribution in [3.05, 3.63) is 35.1 Å². The van der Waals surface area contributed by atoms with Gasteiger partial charge in [-0.2, -0.15) is 0 Å². The van der Waals surface area contributed by atoms with E-state index < -0.39 is 34.9 Å². The monoisotopic (exact) mass is 327 g/mol. The normalized spacial score (nSPS) is 12.7. The predicted octanol–water partition coefficient (Wildman–Crippen LogP) is 0.420. The van der Waals surface area contributed by atoms with Crippen molar-refractivity contribution in [2.45, 2.75) is 25.4 Å². The zero-order valence-corrected chi connectivity index (χ0v) is 13.1. The second-order valence-electron chi connectivity index (χ2n) is 5.70. The molecular formula is C15H22FN3O4. The fourth-order valence-electron chi connectivity index (χ4n) is 2.14. The van der Waals surface area contributed by atoms with Crippen LogP contribution in [0.2, 0.25) is 0 Å². The molecule has 0 radical (unpaired) electrons. The van der Waals surface area contributed by atoms with Gasteiger partial charge in [0.1, 0.15) is 5.82 Å². The minimum absolute atomic E-state index is 0.127. The van der Waals surface area contributed by atoms with Crippen LogP contribution in [0.15, 0.2) is 18.2 Å². The van der Waals surface area contributed by atoms with E-state index in [1.54, 1.807) is 13.8 Å². The molecule has 0 fully saturated rings. The van der Waals surface area contributed by atoms with Crippen LogP contribution in [0.3, 0.4) is 0 Å². The van der Waals surface area contributed by atoms with Gasteiger partial charge in [-0.3, -0.25) is 0 Å². The maximum Gasteiger partial charge on any atom is 0.338 e. The number of primary amides is 1. The van der Waals surface area contributed by atoms with E-state index in [0.717, 1.165) is 0 Å². The summed E-state index contributed by atoms with van der Waals surface area (Å²) in [6.07, 6.45) is -0.963. The van der Waals surface area contributed by atoms with Gasteiger partial charge in [0.2, 0.25) is 0 Å². The Hall–Kier alpha value is -2.19. The fraction of sp³-hybridized carbons (Fsp3) is 0.467. The highest BCUT2D eigenvalue weighted by molar-refractivity contribution is 5.88. The van der Waals surface area contributed by atoms with Crippen LogP contribution in [-0.2, 0) is 5.41 Å². The first-order valence-corrected chi connectivity index (χ1v) is 7.12. The van der Waals surface area contributed by atoms with Gasteiger partial charge in [0, 0.05) is 25.0 Å². The number of hydrogen-bond acceptors (Lipinski definition) is 4. The van der Waals surface area contributed by atoms with E-state index in [9.17, 15) is 19.1 Å². The fourth-order valence-corrected chi connectivity index (χ4v) is 2.14. The number of aliphatic hydroxyl groups excluding tert-OH is 1. The maximum absolute atomic E-state index is 14.3. The summed E-state index contributed by atoms with van der Waals surface area (Å²) >= 11 is 0. The summed E-state index contributed by atoms with van der Waals surface area (Å²) < 4.78 is 14.3. The second kappa shape index (κ2) is 7.89. The number of nitrogens with two attached hydrogens (primary N) is 1. The summed E-state index contributed by atoms with van der Waals surface area (Å²) in [5.41, 5.74) is 3.62. The molecule has 8 heteroatoms. The van der Waals surface area contributed by atoms with Crippen LogP contribution in [0, 0.1) is 5.82 Å². The molecule has 1 atom stereocenters. The molecule has 1 rings (SSSR count). The molecule has 1 aromatic carbocycles. The molecule has 0 aliphatic carbocycles. The SMILES string of the molecule is CC(C)(c1cccc(C(=O)O)c1F)C(O)CNCCNC(N)=O. The topological polar surface area (TPSA) is 125 Å². The number of hydrogen-bond donors (Lipinski definition) is 5. The summed E-state index contributed by atoms with van der Waals surface area (Å²) in [5, 5.41) is 24.6. The summed E-state index contributed by atoms with van der Waals surface area (Å²) in [4.78, 5) is 21.5. The number of carbonyl (C=O) groups is 2. The van der Waals surface area contributed by atoms with Crippen molar-refractivity contribution in [2.24, 2.45) is 5.73 Å². The first kappa shape index (κ1) is 18.9. The third-order valence-corrected chi connectivity index (χ3v) is 3.70. The number of rotatable bonds is 8. The Labute approximate surface area is 133 Å². The maximum atomic E-state index is 14.3. The summed E-state index contributed by atoms with van der Waals surface area (Å²) in [5.74, 6) is -2.20. The molecule has 0 aromatic heterocycles. The van der Waals surface area contributed by atoms with Gasteiger partial charge in [0.25, 0.3) is 0 Å². The Kier molecular flexibility index (Phi) is 6.47. The quantitative estimate of drug-likeness (QED) is 0.443. The number of carboxylic acid groups (broad SMARTS) is 1. The van der Waals surface area contributed by atoms with E-state index in [2.05, 4.69) is 10.6 Å². The van der Waals surface area contributed by atoms with Crippen LogP contribution in [0.5, 0.6) is 0 Å². The molecule has 0 aliphatic heterocycles. The van der Waals surface area contributed by atoms with E-state index in [1.807, 2.05) is 0 Å². The number of carbonyl (C=O) groups excluding carboxylic acids is 1. The van der Waals surface area contributed by atoms with Gasteiger partial charge in [-0.15, -0.1) is 0 Å². The molecule has 1 unspecified atom stereocenters. The van der Waals surface area contributed by atoms with Gasteiger partial charge in [-0.1, -0.05) is 26.0 Å². The summed E-state index contributed by atoms with van der Waals surface area (Å²) in [6, 6.07) is 3.44. The Balaban J connectivity index is 2.76. The number of nitrogens with one attached hydrogen (secondary N) is 2. The molecule has 0 saturated heterocycles. The van der Waals surface area contributed by atoms with Gasteiger partial charge < -0.3 is 26.6 Å². The van der Waals surface area contributed by atoms with Crippen molar-refractivity contribution < 1.29 is 24.2 Å². The molecule has 23 heavy (non-hydrogen) atoms. The molecule has 0 bridgehead atoms. The Bertz CT molecular complexity index is 578. The van der Waals surface area contributed by atoms with Crippen molar-refractivity contribution >= 4 is 12.0 Å². The molecular weight excluding hydrogens is 305 g/mol. The van der Waals surface area contributed by atoms with Crippen LogP contribution in [0.25, 0.3) is 0 Å². The number of halogens is 1. The predicted molar refractivity (Wildman–Crippen MR) is 82.8 cm³/mol. The van der Waals surface area contributed by atoms with Gasteiger partial charge in [-0.05, 0) is 11.6 Å². The number of carboxylic acids is 1. The lowest BCUT2D eigenvalue weighted by atomic mass is 9.78. The summed E-state index contributed by atoms with van der Waals surface area (Å²) in [7, 11) is 0. The smallest absolute Gasteiger partial charge is 0.338 e. The van der Waals surface area contributed by atoms with Crippen LogP contribution in [0.1, 0.15) is 29.8 Å². The molecule has 1 aromatic rings. The van der Waals surface area contributed by atoms with Crippen molar-refractivity contribution in [2.75, 3.05) is 19.6 Å². The summed E-state index contributed by atoms with van der Waals surface area (Å²) in [6.45, 7) is 4.08. The largest absolute Gasteiger partial charge is 0.478 e. The van der Waals surface area contributed by atoms with Crippen molar-refractivity contribution in [3.63, 3.8) is 0 Å². The first-order chi connectivity index (χ1) is 10.7. The highest BCUT2D eigenvalue weighted by atomic mass is 19.1. The van der Waals surface area contributed by atoms with Crippen LogP contribution < -0.4 is 16.4 Å². The number of aliphatic hydroxyl groups is 1. The number of aromatic carboxylic acids is 1. The minimum Gasteiger partial charge on any atom is -0.478 e.